The van der Waals surface area contributed by atoms with Crippen molar-refractivity contribution in [3.05, 3.63) is 35.4 Å². The van der Waals surface area contributed by atoms with Crippen LogP contribution in [-0.2, 0) is 16.6 Å². The Labute approximate surface area is 140 Å². The number of aryl methyl sites for hydroxylation is 1. The summed E-state index contributed by atoms with van der Waals surface area (Å²) in [6.45, 7) is 9.79. The molecular formula is C18H29ClN2O. The van der Waals surface area contributed by atoms with E-state index < -0.39 is 5.41 Å². The van der Waals surface area contributed by atoms with Gasteiger partial charge in [0, 0.05) is 12.6 Å². The standard InChI is InChI=1S/C18H28N2O.ClH/c1-5-14-6-8-16(9-7-14)18(3,4)17(21)20-12-15(11-19)10-13(20)2;/h6-9,13,15H,5,10-12,19H2,1-4H3;1H. The number of carbonyl (C=O) groups is 1. The van der Waals surface area contributed by atoms with Crippen LogP contribution in [0.5, 0.6) is 0 Å². The molecule has 2 atom stereocenters. The number of halogens is 1. The van der Waals surface area contributed by atoms with E-state index in [2.05, 4.69) is 38.1 Å². The van der Waals surface area contributed by atoms with Gasteiger partial charge in [0.1, 0.15) is 0 Å². The Balaban J connectivity index is 0.00000242. The van der Waals surface area contributed by atoms with Gasteiger partial charge in [-0.2, -0.15) is 0 Å². The molecule has 2 rings (SSSR count). The minimum atomic E-state index is -0.482. The summed E-state index contributed by atoms with van der Waals surface area (Å²) in [5.41, 5.74) is 7.69. The van der Waals surface area contributed by atoms with Crippen molar-refractivity contribution in [2.24, 2.45) is 11.7 Å². The first-order valence-corrected chi connectivity index (χ1v) is 8.00. The summed E-state index contributed by atoms with van der Waals surface area (Å²) in [6, 6.07) is 8.73. The summed E-state index contributed by atoms with van der Waals surface area (Å²) in [7, 11) is 0. The molecule has 2 unspecified atom stereocenters. The third-order valence-electron chi connectivity index (χ3n) is 4.87. The number of benzene rings is 1. The highest BCUT2D eigenvalue weighted by Crippen LogP contribution is 2.31. The van der Waals surface area contributed by atoms with Crippen molar-refractivity contribution in [2.75, 3.05) is 13.1 Å². The second kappa shape index (κ2) is 7.47. The van der Waals surface area contributed by atoms with Gasteiger partial charge in [-0.3, -0.25) is 4.79 Å². The van der Waals surface area contributed by atoms with Gasteiger partial charge in [-0.1, -0.05) is 31.2 Å². The van der Waals surface area contributed by atoms with Crippen molar-refractivity contribution >= 4 is 18.3 Å². The second-order valence-corrected chi connectivity index (χ2v) is 6.82. The summed E-state index contributed by atoms with van der Waals surface area (Å²) in [5, 5.41) is 0. The van der Waals surface area contributed by atoms with E-state index in [0.717, 1.165) is 24.9 Å². The van der Waals surface area contributed by atoms with Gasteiger partial charge in [0.15, 0.2) is 0 Å². The molecule has 1 aromatic carbocycles. The topological polar surface area (TPSA) is 46.3 Å². The van der Waals surface area contributed by atoms with Gasteiger partial charge < -0.3 is 10.6 Å². The van der Waals surface area contributed by atoms with Gasteiger partial charge in [-0.05, 0) is 57.2 Å². The van der Waals surface area contributed by atoms with E-state index in [1.165, 1.54) is 5.56 Å². The zero-order valence-electron chi connectivity index (χ0n) is 14.1. The van der Waals surface area contributed by atoms with Crippen LogP contribution in [0.4, 0.5) is 0 Å². The third kappa shape index (κ3) is 3.64. The van der Waals surface area contributed by atoms with Crippen LogP contribution in [0.1, 0.15) is 45.2 Å². The molecule has 3 nitrogen and oxygen atoms in total. The van der Waals surface area contributed by atoms with Crippen LogP contribution in [0, 0.1) is 5.92 Å². The first kappa shape index (κ1) is 19.0. The van der Waals surface area contributed by atoms with Gasteiger partial charge in [0.05, 0.1) is 5.41 Å². The minimum Gasteiger partial charge on any atom is -0.339 e. The van der Waals surface area contributed by atoms with Crippen LogP contribution >= 0.6 is 12.4 Å². The fourth-order valence-corrected chi connectivity index (χ4v) is 3.24. The molecule has 0 aliphatic carbocycles. The molecule has 1 aliphatic rings. The zero-order chi connectivity index (χ0) is 15.6. The molecule has 1 aromatic rings. The molecule has 2 N–H and O–H groups in total. The van der Waals surface area contributed by atoms with Crippen molar-refractivity contribution in [1.82, 2.24) is 4.90 Å². The maximum atomic E-state index is 13.0. The van der Waals surface area contributed by atoms with E-state index >= 15 is 0 Å². The summed E-state index contributed by atoms with van der Waals surface area (Å²) in [4.78, 5) is 15.0. The normalized spacial score (nSPS) is 21.6. The molecule has 1 heterocycles. The minimum absolute atomic E-state index is 0. The maximum absolute atomic E-state index is 13.0. The number of carbonyl (C=O) groups excluding carboxylic acids is 1. The van der Waals surface area contributed by atoms with Crippen LogP contribution in [0.2, 0.25) is 0 Å². The summed E-state index contributed by atoms with van der Waals surface area (Å²) in [5.74, 6) is 0.664. The van der Waals surface area contributed by atoms with Crippen LogP contribution < -0.4 is 5.73 Å². The molecular weight excluding hydrogens is 296 g/mol. The van der Waals surface area contributed by atoms with E-state index in [4.69, 9.17) is 5.73 Å². The van der Waals surface area contributed by atoms with E-state index in [9.17, 15) is 4.79 Å². The first-order chi connectivity index (χ1) is 9.90. The largest absolute Gasteiger partial charge is 0.339 e. The predicted octanol–water partition coefficient (Wildman–Crippen LogP) is 3.14. The Bertz CT molecular complexity index is 498. The average Bonchev–Trinajstić information content (AvgIpc) is 2.87. The lowest BCUT2D eigenvalue weighted by atomic mass is 9.82. The van der Waals surface area contributed by atoms with Gasteiger partial charge in [-0.15, -0.1) is 12.4 Å². The van der Waals surface area contributed by atoms with Crippen molar-refractivity contribution in [2.45, 2.75) is 52.0 Å². The van der Waals surface area contributed by atoms with Crippen LogP contribution in [0.15, 0.2) is 24.3 Å². The monoisotopic (exact) mass is 324 g/mol. The quantitative estimate of drug-likeness (QED) is 0.924. The highest BCUT2D eigenvalue weighted by molar-refractivity contribution is 5.88. The molecule has 0 radical (unpaired) electrons. The number of likely N-dealkylation sites (tertiary alicyclic amines) is 1. The molecule has 0 aromatic heterocycles. The predicted molar refractivity (Wildman–Crippen MR) is 94.4 cm³/mol. The van der Waals surface area contributed by atoms with E-state index in [0.29, 0.717) is 18.5 Å². The molecule has 1 fully saturated rings. The lowest BCUT2D eigenvalue weighted by Gasteiger charge is -2.32. The lowest BCUT2D eigenvalue weighted by molar-refractivity contribution is -0.136. The summed E-state index contributed by atoms with van der Waals surface area (Å²) < 4.78 is 0. The molecule has 4 heteroatoms. The van der Waals surface area contributed by atoms with Crippen molar-refractivity contribution in [3.8, 4) is 0 Å². The van der Waals surface area contributed by atoms with Gasteiger partial charge in [-0.25, -0.2) is 0 Å². The van der Waals surface area contributed by atoms with Gasteiger partial charge in [0.2, 0.25) is 5.91 Å². The number of nitrogens with zero attached hydrogens (tertiary/aromatic N) is 1. The highest BCUT2D eigenvalue weighted by atomic mass is 35.5. The van der Waals surface area contributed by atoms with Crippen molar-refractivity contribution in [1.29, 1.82) is 0 Å². The molecule has 0 spiro atoms. The fraction of sp³-hybridized carbons (Fsp3) is 0.611. The molecule has 1 saturated heterocycles. The Hall–Kier alpha value is -1.06. The Morgan fingerprint density at radius 1 is 1.32 bits per heavy atom. The first-order valence-electron chi connectivity index (χ1n) is 8.00. The number of rotatable bonds is 4. The fourth-order valence-electron chi connectivity index (χ4n) is 3.24. The molecule has 1 amide bonds. The van der Waals surface area contributed by atoms with Crippen LogP contribution in [0.25, 0.3) is 0 Å². The van der Waals surface area contributed by atoms with Crippen LogP contribution in [-0.4, -0.2) is 29.9 Å². The van der Waals surface area contributed by atoms with Gasteiger partial charge in [0.25, 0.3) is 0 Å². The van der Waals surface area contributed by atoms with E-state index in [-0.39, 0.29) is 18.3 Å². The number of amides is 1. The highest BCUT2D eigenvalue weighted by Gasteiger charge is 2.39. The number of hydrogen-bond acceptors (Lipinski definition) is 2. The maximum Gasteiger partial charge on any atom is 0.232 e. The van der Waals surface area contributed by atoms with E-state index in [1.54, 1.807) is 0 Å². The Morgan fingerprint density at radius 3 is 2.36 bits per heavy atom. The lowest BCUT2D eigenvalue weighted by Crippen LogP contribution is -2.45. The molecule has 22 heavy (non-hydrogen) atoms. The smallest absolute Gasteiger partial charge is 0.232 e. The average molecular weight is 325 g/mol. The second-order valence-electron chi connectivity index (χ2n) is 6.82. The Morgan fingerprint density at radius 2 is 1.91 bits per heavy atom. The summed E-state index contributed by atoms with van der Waals surface area (Å²) >= 11 is 0. The molecule has 0 bridgehead atoms. The zero-order valence-corrected chi connectivity index (χ0v) is 15.0. The molecule has 0 saturated carbocycles. The Kier molecular flexibility index (Phi) is 6.45. The number of nitrogens with two attached hydrogens (primary N) is 1. The van der Waals surface area contributed by atoms with Crippen LogP contribution in [0.3, 0.4) is 0 Å². The molecule has 1 aliphatic heterocycles. The van der Waals surface area contributed by atoms with Crippen molar-refractivity contribution in [3.63, 3.8) is 0 Å². The molecule has 124 valence electrons. The number of hydrogen-bond donors (Lipinski definition) is 1. The third-order valence-corrected chi connectivity index (χ3v) is 4.87. The van der Waals surface area contributed by atoms with Crippen molar-refractivity contribution < 1.29 is 4.79 Å². The van der Waals surface area contributed by atoms with Gasteiger partial charge >= 0.3 is 0 Å². The van der Waals surface area contributed by atoms with E-state index in [1.807, 2.05) is 18.7 Å². The summed E-state index contributed by atoms with van der Waals surface area (Å²) in [6.07, 6.45) is 2.04. The SMILES string of the molecule is CCc1ccc(C(C)(C)C(=O)N2CC(CN)CC2C)cc1.Cl.